The molecule has 1 unspecified atom stereocenters. The van der Waals surface area contributed by atoms with Gasteiger partial charge < -0.3 is 20.0 Å². The van der Waals surface area contributed by atoms with Crippen LogP contribution in [0.1, 0.15) is 26.2 Å². The zero-order chi connectivity index (χ0) is 19.4. The van der Waals surface area contributed by atoms with E-state index in [9.17, 15) is 9.59 Å². The molecule has 7 nitrogen and oxygen atoms in total. The standard InChI is InChI=1S/C20H30N4O3.2ClH/c1-14(15-6-8-21-9-7-15)12-19(25)22-16-4-5-18-17(13-16)24(20(26)27-18)11-10-23(2)3;;/h4-5,13-15,21H,6-12H2,1-3H3,(H,22,25);2*1H. The number of piperidine rings is 1. The Morgan fingerprint density at radius 3 is 2.66 bits per heavy atom. The first kappa shape index (κ1) is 25.5. The number of nitrogens with zero attached hydrogens (tertiary/aromatic N) is 2. The summed E-state index contributed by atoms with van der Waals surface area (Å²) in [6.45, 7) is 5.52. The van der Waals surface area contributed by atoms with E-state index in [-0.39, 0.29) is 36.5 Å². The predicted molar refractivity (Wildman–Crippen MR) is 122 cm³/mol. The summed E-state index contributed by atoms with van der Waals surface area (Å²) in [4.78, 5) is 26.6. The number of nitrogens with one attached hydrogen (secondary N) is 2. The van der Waals surface area contributed by atoms with Crippen molar-refractivity contribution >= 4 is 47.5 Å². The fourth-order valence-electron chi connectivity index (χ4n) is 3.74. The summed E-state index contributed by atoms with van der Waals surface area (Å²) in [6.07, 6.45) is 2.78. The number of amides is 1. The summed E-state index contributed by atoms with van der Waals surface area (Å²) in [7, 11) is 3.92. The first-order valence-electron chi connectivity index (χ1n) is 9.72. The lowest BCUT2D eigenvalue weighted by molar-refractivity contribution is -0.117. The second-order valence-corrected chi connectivity index (χ2v) is 7.82. The van der Waals surface area contributed by atoms with Gasteiger partial charge in [0.1, 0.15) is 0 Å². The Labute approximate surface area is 184 Å². The minimum atomic E-state index is -0.366. The van der Waals surface area contributed by atoms with Crippen LogP contribution in [0.5, 0.6) is 0 Å². The van der Waals surface area contributed by atoms with Crippen LogP contribution < -0.4 is 16.4 Å². The molecule has 1 atom stereocenters. The molecule has 164 valence electrons. The van der Waals surface area contributed by atoms with Gasteiger partial charge in [0.05, 0.1) is 5.52 Å². The van der Waals surface area contributed by atoms with Crippen LogP contribution in [0.15, 0.2) is 27.4 Å². The number of benzene rings is 1. The molecule has 0 spiro atoms. The number of rotatable bonds is 7. The molecular weight excluding hydrogens is 415 g/mol. The summed E-state index contributed by atoms with van der Waals surface area (Å²) >= 11 is 0. The van der Waals surface area contributed by atoms with Gasteiger partial charge in [0.2, 0.25) is 5.91 Å². The lowest BCUT2D eigenvalue weighted by Crippen LogP contribution is -2.32. The molecule has 1 saturated heterocycles. The van der Waals surface area contributed by atoms with E-state index in [1.54, 1.807) is 16.7 Å². The molecule has 2 aromatic rings. The molecule has 1 amide bonds. The van der Waals surface area contributed by atoms with Crippen molar-refractivity contribution in [2.75, 3.05) is 39.0 Å². The van der Waals surface area contributed by atoms with Gasteiger partial charge in [-0.05, 0) is 70.1 Å². The Morgan fingerprint density at radius 2 is 2.00 bits per heavy atom. The zero-order valence-electron chi connectivity index (χ0n) is 17.3. The molecule has 2 heterocycles. The summed E-state index contributed by atoms with van der Waals surface area (Å²) < 4.78 is 6.92. The van der Waals surface area contributed by atoms with E-state index in [0.29, 0.717) is 41.6 Å². The van der Waals surface area contributed by atoms with E-state index >= 15 is 0 Å². The van der Waals surface area contributed by atoms with Gasteiger partial charge in [0.15, 0.2) is 5.58 Å². The first-order valence-corrected chi connectivity index (χ1v) is 9.72. The third kappa shape index (κ3) is 6.74. The highest BCUT2D eigenvalue weighted by molar-refractivity contribution is 5.93. The van der Waals surface area contributed by atoms with Crippen LogP contribution in [0.25, 0.3) is 11.1 Å². The van der Waals surface area contributed by atoms with Gasteiger partial charge in [-0.15, -0.1) is 24.8 Å². The molecule has 2 N–H and O–H groups in total. The number of aromatic nitrogens is 1. The van der Waals surface area contributed by atoms with Crippen LogP contribution in [-0.2, 0) is 11.3 Å². The van der Waals surface area contributed by atoms with Crippen molar-refractivity contribution in [3.8, 4) is 0 Å². The molecule has 0 bridgehead atoms. The van der Waals surface area contributed by atoms with Crippen molar-refractivity contribution < 1.29 is 9.21 Å². The van der Waals surface area contributed by atoms with Gasteiger partial charge in [-0.1, -0.05) is 6.92 Å². The fraction of sp³-hybridized carbons (Fsp3) is 0.600. The minimum absolute atomic E-state index is 0. The quantitative estimate of drug-likeness (QED) is 0.683. The third-order valence-electron chi connectivity index (χ3n) is 5.42. The van der Waals surface area contributed by atoms with Crippen molar-refractivity contribution in [1.29, 1.82) is 0 Å². The molecule has 0 aliphatic carbocycles. The van der Waals surface area contributed by atoms with E-state index in [4.69, 9.17) is 4.42 Å². The molecule has 0 saturated carbocycles. The number of likely N-dealkylation sites (N-methyl/N-ethyl adjacent to an activating group) is 1. The second kappa shape index (κ2) is 11.6. The fourth-order valence-corrected chi connectivity index (χ4v) is 3.74. The van der Waals surface area contributed by atoms with Crippen LogP contribution in [0.2, 0.25) is 0 Å². The molecule has 1 aliphatic rings. The van der Waals surface area contributed by atoms with Crippen molar-refractivity contribution in [3.63, 3.8) is 0 Å². The van der Waals surface area contributed by atoms with E-state index in [2.05, 4.69) is 17.6 Å². The number of carbonyl (C=O) groups excluding carboxylic acids is 1. The SMILES string of the molecule is CC(CC(=O)Nc1ccc2oc(=O)n(CCN(C)C)c2c1)C1CCNCC1.Cl.Cl. The molecule has 1 aromatic carbocycles. The molecule has 29 heavy (non-hydrogen) atoms. The van der Waals surface area contributed by atoms with Gasteiger partial charge in [-0.3, -0.25) is 9.36 Å². The minimum Gasteiger partial charge on any atom is -0.408 e. The van der Waals surface area contributed by atoms with Crippen LogP contribution in [0, 0.1) is 11.8 Å². The molecule has 3 rings (SSSR count). The molecule has 1 fully saturated rings. The number of anilines is 1. The summed E-state index contributed by atoms with van der Waals surface area (Å²) in [6, 6.07) is 5.35. The third-order valence-corrected chi connectivity index (χ3v) is 5.42. The number of oxazole rings is 1. The Hall–Kier alpha value is -1.54. The Kier molecular flexibility index (Phi) is 10.2. The van der Waals surface area contributed by atoms with Crippen LogP contribution in [0.3, 0.4) is 0 Å². The van der Waals surface area contributed by atoms with Crippen molar-refractivity contribution in [2.24, 2.45) is 11.8 Å². The Morgan fingerprint density at radius 1 is 1.31 bits per heavy atom. The van der Waals surface area contributed by atoms with Crippen molar-refractivity contribution in [2.45, 2.75) is 32.7 Å². The topological polar surface area (TPSA) is 79.5 Å². The van der Waals surface area contributed by atoms with E-state index in [1.807, 2.05) is 25.1 Å². The van der Waals surface area contributed by atoms with Crippen molar-refractivity contribution in [1.82, 2.24) is 14.8 Å². The lowest BCUT2D eigenvalue weighted by atomic mass is 9.84. The largest absolute Gasteiger partial charge is 0.419 e. The first-order chi connectivity index (χ1) is 12.9. The Balaban J connectivity index is 0.00000210. The average molecular weight is 447 g/mol. The summed E-state index contributed by atoms with van der Waals surface area (Å²) in [5.74, 6) is 0.619. The van der Waals surface area contributed by atoms with Crippen LogP contribution >= 0.6 is 24.8 Å². The van der Waals surface area contributed by atoms with E-state index in [1.165, 1.54) is 0 Å². The van der Waals surface area contributed by atoms with Crippen LogP contribution in [-0.4, -0.2) is 49.1 Å². The highest BCUT2D eigenvalue weighted by Gasteiger charge is 2.22. The van der Waals surface area contributed by atoms with Gasteiger partial charge in [-0.2, -0.15) is 0 Å². The molecule has 1 aromatic heterocycles. The van der Waals surface area contributed by atoms with E-state index < -0.39 is 0 Å². The predicted octanol–water partition coefficient (Wildman–Crippen LogP) is 2.96. The number of fused-ring (bicyclic) bond motifs is 1. The van der Waals surface area contributed by atoms with Gasteiger partial charge >= 0.3 is 5.76 Å². The van der Waals surface area contributed by atoms with Gasteiger partial charge in [-0.25, -0.2) is 4.79 Å². The smallest absolute Gasteiger partial charge is 0.408 e. The molecule has 9 heteroatoms. The average Bonchev–Trinajstić information content (AvgIpc) is 2.95. The normalized spacial score (nSPS) is 15.6. The van der Waals surface area contributed by atoms with Crippen LogP contribution in [0.4, 0.5) is 5.69 Å². The number of carbonyl (C=O) groups is 1. The molecule has 0 radical (unpaired) electrons. The number of hydrogen-bond acceptors (Lipinski definition) is 5. The monoisotopic (exact) mass is 446 g/mol. The van der Waals surface area contributed by atoms with E-state index in [0.717, 1.165) is 32.5 Å². The van der Waals surface area contributed by atoms with Crippen molar-refractivity contribution in [3.05, 3.63) is 28.7 Å². The Bertz CT molecular complexity index is 844. The zero-order valence-corrected chi connectivity index (χ0v) is 18.9. The molecule has 1 aliphatic heterocycles. The maximum absolute atomic E-state index is 12.5. The summed E-state index contributed by atoms with van der Waals surface area (Å²) in [5, 5.41) is 6.35. The maximum Gasteiger partial charge on any atom is 0.419 e. The number of hydrogen-bond donors (Lipinski definition) is 2. The van der Waals surface area contributed by atoms with Gasteiger partial charge in [0, 0.05) is 25.2 Å². The number of halogens is 2. The second-order valence-electron chi connectivity index (χ2n) is 7.82. The lowest BCUT2D eigenvalue weighted by Gasteiger charge is -2.27. The van der Waals surface area contributed by atoms with Gasteiger partial charge in [0.25, 0.3) is 0 Å². The highest BCUT2D eigenvalue weighted by Crippen LogP contribution is 2.25. The highest BCUT2D eigenvalue weighted by atomic mass is 35.5. The molecular formula is C20H32Cl2N4O3. The maximum atomic E-state index is 12.5. The summed E-state index contributed by atoms with van der Waals surface area (Å²) in [5.41, 5.74) is 1.95.